The molecule has 0 bridgehead atoms. The average Bonchev–Trinajstić information content (AvgIpc) is 2.14. The first-order chi connectivity index (χ1) is 6.66. The highest BCUT2D eigenvalue weighted by atomic mass is 19.1. The summed E-state index contributed by atoms with van der Waals surface area (Å²) in [4.78, 5) is 11.4. The maximum absolute atomic E-state index is 13.2. The molecule has 0 aliphatic rings. The second-order valence-electron chi connectivity index (χ2n) is 2.82. The monoisotopic (exact) mass is 191 g/mol. The van der Waals surface area contributed by atoms with Crippen molar-refractivity contribution in [3.63, 3.8) is 0 Å². The Labute approximate surface area is 82.1 Å². The molecule has 0 fully saturated rings. The van der Waals surface area contributed by atoms with Crippen LogP contribution >= 0.6 is 0 Å². The first-order valence-corrected chi connectivity index (χ1v) is 4.13. The Kier molecular flexibility index (Phi) is 3.24. The normalized spacial score (nSPS) is 9.21. The van der Waals surface area contributed by atoms with Crippen LogP contribution in [-0.2, 0) is 0 Å². The van der Waals surface area contributed by atoms with Gasteiger partial charge < -0.3 is 5.32 Å². The molecule has 0 heterocycles. The lowest BCUT2D eigenvalue weighted by Crippen LogP contribution is -2.25. The number of hydrogen-bond donors (Lipinski definition) is 1. The van der Waals surface area contributed by atoms with Crippen LogP contribution in [0.25, 0.3) is 0 Å². The maximum Gasteiger partial charge on any atom is 0.255 e. The summed E-state index contributed by atoms with van der Waals surface area (Å²) in [5.41, 5.74) is 0.655. The Morgan fingerprint density at radius 3 is 2.93 bits per heavy atom. The molecule has 72 valence electrons. The van der Waals surface area contributed by atoms with Crippen molar-refractivity contribution in [1.29, 1.82) is 0 Å². The number of hydrogen-bond acceptors (Lipinski definition) is 1. The molecule has 0 aliphatic heterocycles. The van der Waals surface area contributed by atoms with Gasteiger partial charge in [-0.3, -0.25) is 4.79 Å². The van der Waals surface area contributed by atoms with Crippen LogP contribution < -0.4 is 5.32 Å². The zero-order valence-corrected chi connectivity index (χ0v) is 7.80. The fourth-order valence-electron chi connectivity index (χ4n) is 1.14. The van der Waals surface area contributed by atoms with Gasteiger partial charge in [0.2, 0.25) is 0 Å². The smallest absolute Gasteiger partial charge is 0.255 e. The Balaban J connectivity index is 2.95. The largest absolute Gasteiger partial charge is 0.341 e. The van der Waals surface area contributed by atoms with Crippen molar-refractivity contribution in [2.75, 3.05) is 6.54 Å². The standard InChI is InChI=1S/C11H10FNO/c1-3-7-13-11(14)10-8(2)5-4-6-9(10)12/h1,4-6H,7H2,2H3,(H,13,14). The molecule has 0 saturated carbocycles. The molecule has 1 aromatic carbocycles. The van der Waals surface area contributed by atoms with Gasteiger partial charge in [-0.2, -0.15) is 0 Å². The fourth-order valence-corrected chi connectivity index (χ4v) is 1.14. The quantitative estimate of drug-likeness (QED) is 0.705. The number of nitrogens with one attached hydrogen (secondary N) is 1. The van der Waals surface area contributed by atoms with Crippen molar-refractivity contribution in [2.24, 2.45) is 0 Å². The van der Waals surface area contributed by atoms with E-state index >= 15 is 0 Å². The van der Waals surface area contributed by atoms with Gasteiger partial charge in [-0.15, -0.1) is 6.42 Å². The van der Waals surface area contributed by atoms with E-state index < -0.39 is 11.7 Å². The number of rotatable bonds is 2. The molecule has 0 radical (unpaired) electrons. The number of aryl methyl sites for hydroxylation is 1. The zero-order valence-electron chi connectivity index (χ0n) is 7.80. The van der Waals surface area contributed by atoms with Gasteiger partial charge in [-0.25, -0.2) is 4.39 Å². The SMILES string of the molecule is C#CCNC(=O)c1c(C)cccc1F. The van der Waals surface area contributed by atoms with Crippen LogP contribution in [0.4, 0.5) is 4.39 Å². The summed E-state index contributed by atoms with van der Waals surface area (Å²) in [5.74, 6) is 1.25. The average molecular weight is 191 g/mol. The molecule has 2 nitrogen and oxygen atoms in total. The van der Waals surface area contributed by atoms with Crippen molar-refractivity contribution in [1.82, 2.24) is 5.32 Å². The molecule has 1 rings (SSSR count). The summed E-state index contributed by atoms with van der Waals surface area (Å²) >= 11 is 0. The summed E-state index contributed by atoms with van der Waals surface area (Å²) in [6, 6.07) is 4.48. The van der Waals surface area contributed by atoms with Crippen molar-refractivity contribution in [2.45, 2.75) is 6.92 Å². The van der Waals surface area contributed by atoms with Crippen LogP contribution in [0.1, 0.15) is 15.9 Å². The van der Waals surface area contributed by atoms with Gasteiger partial charge in [-0.1, -0.05) is 18.1 Å². The molecular formula is C11H10FNO. The topological polar surface area (TPSA) is 29.1 Å². The van der Waals surface area contributed by atoms with E-state index in [-0.39, 0.29) is 12.1 Å². The minimum Gasteiger partial charge on any atom is -0.341 e. The lowest BCUT2D eigenvalue weighted by molar-refractivity contribution is 0.0954. The highest BCUT2D eigenvalue weighted by Crippen LogP contribution is 2.11. The molecule has 0 unspecified atom stereocenters. The molecule has 0 aromatic heterocycles. The van der Waals surface area contributed by atoms with Gasteiger partial charge in [0, 0.05) is 0 Å². The molecule has 0 spiro atoms. The maximum atomic E-state index is 13.2. The predicted molar refractivity (Wildman–Crippen MR) is 52.3 cm³/mol. The third-order valence-electron chi connectivity index (χ3n) is 1.80. The van der Waals surface area contributed by atoms with Gasteiger partial charge in [0.1, 0.15) is 5.82 Å². The minimum atomic E-state index is -0.528. The number of carbonyl (C=O) groups is 1. The first kappa shape index (κ1) is 10.3. The summed E-state index contributed by atoms with van der Waals surface area (Å²) in [5, 5.41) is 2.42. The predicted octanol–water partition coefficient (Wildman–Crippen LogP) is 1.50. The van der Waals surface area contributed by atoms with E-state index in [1.54, 1.807) is 19.1 Å². The van der Waals surface area contributed by atoms with Crippen LogP contribution in [0, 0.1) is 25.1 Å². The lowest BCUT2D eigenvalue weighted by atomic mass is 10.1. The van der Waals surface area contributed by atoms with Crippen LogP contribution in [0.2, 0.25) is 0 Å². The highest BCUT2D eigenvalue weighted by Gasteiger charge is 2.12. The van der Waals surface area contributed by atoms with E-state index in [9.17, 15) is 9.18 Å². The van der Waals surface area contributed by atoms with E-state index in [4.69, 9.17) is 6.42 Å². The van der Waals surface area contributed by atoms with Gasteiger partial charge in [0.05, 0.1) is 12.1 Å². The van der Waals surface area contributed by atoms with Crippen LogP contribution in [-0.4, -0.2) is 12.5 Å². The Morgan fingerprint density at radius 1 is 1.64 bits per heavy atom. The Hall–Kier alpha value is -1.82. The molecule has 14 heavy (non-hydrogen) atoms. The number of benzene rings is 1. The van der Waals surface area contributed by atoms with Crippen LogP contribution in [0.15, 0.2) is 18.2 Å². The van der Waals surface area contributed by atoms with Gasteiger partial charge in [0.15, 0.2) is 0 Å². The van der Waals surface area contributed by atoms with E-state index in [1.807, 2.05) is 0 Å². The molecular weight excluding hydrogens is 181 g/mol. The van der Waals surface area contributed by atoms with Crippen molar-refractivity contribution in [3.05, 3.63) is 35.1 Å². The van der Waals surface area contributed by atoms with Crippen molar-refractivity contribution < 1.29 is 9.18 Å². The summed E-state index contributed by atoms with van der Waals surface area (Å²) in [6.45, 7) is 1.78. The van der Waals surface area contributed by atoms with Crippen molar-refractivity contribution in [3.8, 4) is 12.3 Å². The van der Waals surface area contributed by atoms with Crippen LogP contribution in [0.3, 0.4) is 0 Å². The summed E-state index contributed by atoms with van der Waals surface area (Å²) in [6.07, 6.45) is 4.97. The second kappa shape index (κ2) is 4.43. The second-order valence-corrected chi connectivity index (χ2v) is 2.82. The number of amides is 1. The molecule has 1 N–H and O–H groups in total. The summed E-state index contributed by atoms with van der Waals surface area (Å²) in [7, 11) is 0. The molecule has 1 amide bonds. The van der Waals surface area contributed by atoms with Gasteiger partial charge >= 0.3 is 0 Å². The van der Waals surface area contributed by atoms with E-state index in [2.05, 4.69) is 11.2 Å². The number of carbonyl (C=O) groups excluding carboxylic acids is 1. The summed E-state index contributed by atoms with van der Waals surface area (Å²) < 4.78 is 13.2. The molecule has 3 heteroatoms. The fraction of sp³-hybridized carbons (Fsp3) is 0.182. The third-order valence-corrected chi connectivity index (χ3v) is 1.80. The molecule has 0 atom stereocenters. The highest BCUT2D eigenvalue weighted by molar-refractivity contribution is 5.95. The third kappa shape index (κ3) is 2.11. The number of terminal acetylenes is 1. The Morgan fingerprint density at radius 2 is 2.36 bits per heavy atom. The lowest BCUT2D eigenvalue weighted by Gasteiger charge is -2.05. The van der Waals surface area contributed by atoms with E-state index in [0.717, 1.165) is 0 Å². The molecule has 1 aromatic rings. The van der Waals surface area contributed by atoms with Gasteiger partial charge in [0.25, 0.3) is 5.91 Å². The molecule has 0 saturated heterocycles. The minimum absolute atomic E-state index is 0.0581. The zero-order chi connectivity index (χ0) is 10.6. The Bertz CT molecular complexity index is 373. The van der Waals surface area contributed by atoms with Gasteiger partial charge in [-0.05, 0) is 18.6 Å². The van der Waals surface area contributed by atoms with Crippen LogP contribution in [0.5, 0.6) is 0 Å². The molecule has 0 aliphatic carbocycles. The van der Waals surface area contributed by atoms with E-state index in [1.165, 1.54) is 6.07 Å². The van der Waals surface area contributed by atoms with Crippen molar-refractivity contribution >= 4 is 5.91 Å². The first-order valence-electron chi connectivity index (χ1n) is 4.13. The van der Waals surface area contributed by atoms with E-state index in [0.29, 0.717) is 5.56 Å². The number of halogens is 1.